The quantitative estimate of drug-likeness (QED) is 0.211. The van der Waals surface area contributed by atoms with E-state index in [2.05, 4.69) is 53.9 Å². The molecule has 0 saturated heterocycles. The number of rotatable bonds is 11. The standard InChI is InChI=1S/C28H36N4O2/c1-4-5-6-7-8-9-10-11-12-13-14-32-24-18-22-16-20(3)19(2)15-21(22)17-23(24)29-25-26(32)30-28(34)31-27(25)33/h15-18H,4-14H2,1-3H3,(H,31,33,34). The summed E-state index contributed by atoms with van der Waals surface area (Å²) >= 11 is 0. The number of hydrogen-bond donors (Lipinski definition) is 1. The van der Waals surface area contributed by atoms with Gasteiger partial charge < -0.3 is 4.57 Å². The maximum absolute atomic E-state index is 12.5. The van der Waals surface area contributed by atoms with Crippen molar-refractivity contribution < 1.29 is 0 Å². The number of nitrogens with one attached hydrogen (secondary N) is 1. The first-order chi connectivity index (χ1) is 16.5. The molecule has 180 valence electrons. The predicted molar refractivity (Wildman–Crippen MR) is 140 cm³/mol. The average molecular weight is 461 g/mol. The van der Waals surface area contributed by atoms with Crippen molar-refractivity contribution in [3.8, 4) is 11.5 Å². The Bertz CT molecular complexity index is 1370. The van der Waals surface area contributed by atoms with Gasteiger partial charge in [0.15, 0.2) is 11.5 Å². The minimum absolute atomic E-state index is 0.224. The van der Waals surface area contributed by atoms with Crippen LogP contribution in [0.1, 0.15) is 82.3 Å². The summed E-state index contributed by atoms with van der Waals surface area (Å²) < 4.78 is 2.02. The van der Waals surface area contributed by atoms with Crippen molar-refractivity contribution in [1.29, 1.82) is 0 Å². The SMILES string of the molecule is CCCCCCCCCCCCn1c2nc(=O)[nH]c(=O)c-2nc2cc3cc(C)c(C)cc3cc21. The normalized spacial score (nSPS) is 11.7. The van der Waals surface area contributed by atoms with Crippen LogP contribution in [0, 0.1) is 13.8 Å². The predicted octanol–water partition coefficient (Wildman–Crippen LogP) is 6.28. The van der Waals surface area contributed by atoms with E-state index in [0.29, 0.717) is 12.4 Å². The molecule has 6 nitrogen and oxygen atoms in total. The van der Waals surface area contributed by atoms with E-state index in [4.69, 9.17) is 0 Å². The molecular formula is C28H36N4O2. The third-order valence-electron chi connectivity index (χ3n) is 6.92. The minimum atomic E-state index is -0.622. The average Bonchev–Trinajstić information content (AvgIpc) is 2.80. The second kappa shape index (κ2) is 10.9. The van der Waals surface area contributed by atoms with Crippen molar-refractivity contribution in [3.63, 3.8) is 0 Å². The van der Waals surface area contributed by atoms with Gasteiger partial charge in [0.2, 0.25) is 0 Å². The number of aryl methyl sites for hydroxylation is 3. The first kappa shape index (κ1) is 24.1. The number of fused-ring (bicyclic) bond motifs is 3. The highest BCUT2D eigenvalue weighted by atomic mass is 16.2. The zero-order chi connectivity index (χ0) is 24.1. The molecule has 0 amide bonds. The summed E-state index contributed by atoms with van der Waals surface area (Å²) in [6.45, 7) is 7.17. The van der Waals surface area contributed by atoms with Crippen LogP contribution in [0.15, 0.2) is 33.9 Å². The lowest BCUT2D eigenvalue weighted by Crippen LogP contribution is -2.28. The summed E-state index contributed by atoms with van der Waals surface area (Å²) in [6.07, 6.45) is 12.5. The Morgan fingerprint density at radius 3 is 2.00 bits per heavy atom. The van der Waals surface area contributed by atoms with E-state index in [-0.39, 0.29) is 5.69 Å². The fraction of sp³-hybridized carbons (Fsp3) is 0.500. The summed E-state index contributed by atoms with van der Waals surface area (Å²) in [4.78, 5) is 35.6. The van der Waals surface area contributed by atoms with E-state index >= 15 is 0 Å². The molecule has 0 spiro atoms. The number of H-pyrrole nitrogens is 1. The Kier molecular flexibility index (Phi) is 7.76. The van der Waals surface area contributed by atoms with Crippen LogP contribution in [-0.2, 0) is 6.54 Å². The molecule has 2 aromatic rings. The Labute approximate surface area is 200 Å². The summed E-state index contributed by atoms with van der Waals surface area (Å²) in [5.41, 5.74) is 3.25. The Hall–Kier alpha value is -3.02. The van der Waals surface area contributed by atoms with Crippen molar-refractivity contribution in [3.05, 3.63) is 56.2 Å². The molecule has 0 radical (unpaired) electrons. The molecule has 0 atom stereocenters. The smallest absolute Gasteiger partial charge is 0.322 e. The molecule has 1 N–H and O–H groups in total. The van der Waals surface area contributed by atoms with E-state index < -0.39 is 11.2 Å². The monoisotopic (exact) mass is 460 g/mol. The fourth-order valence-electron chi connectivity index (χ4n) is 4.80. The van der Waals surface area contributed by atoms with Crippen LogP contribution in [0.3, 0.4) is 0 Å². The molecule has 6 heteroatoms. The summed E-state index contributed by atoms with van der Waals surface area (Å²) in [5, 5.41) is 2.22. The van der Waals surface area contributed by atoms with Gasteiger partial charge in [0.05, 0.1) is 11.0 Å². The van der Waals surface area contributed by atoms with Gasteiger partial charge in [0, 0.05) is 6.54 Å². The molecule has 0 fully saturated rings. The molecule has 4 rings (SSSR count). The molecule has 2 aliphatic heterocycles. The lowest BCUT2D eigenvalue weighted by Gasteiger charge is -2.17. The number of benzene rings is 2. The van der Waals surface area contributed by atoms with E-state index in [1.807, 2.05) is 10.6 Å². The Morgan fingerprint density at radius 1 is 0.765 bits per heavy atom. The van der Waals surface area contributed by atoms with Crippen LogP contribution in [0.5, 0.6) is 0 Å². The van der Waals surface area contributed by atoms with Crippen LogP contribution in [-0.4, -0.2) is 19.5 Å². The largest absolute Gasteiger partial charge is 0.349 e. The number of aromatic nitrogens is 4. The molecule has 2 aliphatic rings. The van der Waals surface area contributed by atoms with Crippen LogP contribution in [0.25, 0.3) is 33.3 Å². The number of hydrogen-bond acceptors (Lipinski definition) is 4. The van der Waals surface area contributed by atoms with Crippen molar-refractivity contribution in [2.45, 2.75) is 91.5 Å². The van der Waals surface area contributed by atoms with Gasteiger partial charge in [-0.1, -0.05) is 76.8 Å². The molecule has 0 saturated carbocycles. The second-order valence-electron chi connectivity index (χ2n) is 9.61. The number of unbranched alkanes of at least 4 members (excludes halogenated alkanes) is 9. The van der Waals surface area contributed by atoms with E-state index in [0.717, 1.165) is 34.6 Å². The van der Waals surface area contributed by atoms with Gasteiger partial charge in [-0.05, 0) is 54.3 Å². The minimum Gasteiger partial charge on any atom is -0.322 e. The van der Waals surface area contributed by atoms with Gasteiger partial charge in [0.25, 0.3) is 5.56 Å². The number of aromatic amines is 1. The first-order valence-corrected chi connectivity index (χ1v) is 12.8. The second-order valence-corrected chi connectivity index (χ2v) is 9.61. The molecule has 0 unspecified atom stereocenters. The maximum atomic E-state index is 12.5. The van der Waals surface area contributed by atoms with E-state index in [1.54, 1.807) is 0 Å². The number of nitrogens with zero attached hydrogens (tertiary/aromatic N) is 3. The van der Waals surface area contributed by atoms with Gasteiger partial charge in [-0.2, -0.15) is 4.98 Å². The highest BCUT2D eigenvalue weighted by Crippen LogP contribution is 2.28. The van der Waals surface area contributed by atoms with Crippen LogP contribution >= 0.6 is 0 Å². The highest BCUT2D eigenvalue weighted by molar-refractivity contribution is 5.96. The summed E-state index contributed by atoms with van der Waals surface area (Å²) in [6, 6.07) is 8.50. The highest BCUT2D eigenvalue weighted by Gasteiger charge is 2.19. The van der Waals surface area contributed by atoms with Gasteiger partial charge >= 0.3 is 5.69 Å². The van der Waals surface area contributed by atoms with Crippen LogP contribution < -0.4 is 11.2 Å². The van der Waals surface area contributed by atoms with Crippen molar-refractivity contribution in [1.82, 2.24) is 19.5 Å². The van der Waals surface area contributed by atoms with E-state index in [1.165, 1.54) is 62.5 Å². The maximum Gasteiger partial charge on any atom is 0.349 e. The molecule has 2 aromatic carbocycles. The summed E-state index contributed by atoms with van der Waals surface area (Å²) in [7, 11) is 0. The topological polar surface area (TPSA) is 80.6 Å². The Balaban J connectivity index is 1.58. The van der Waals surface area contributed by atoms with Gasteiger partial charge in [-0.25, -0.2) is 9.78 Å². The third kappa shape index (κ3) is 5.37. The third-order valence-corrected chi connectivity index (χ3v) is 6.92. The van der Waals surface area contributed by atoms with Crippen LogP contribution in [0.2, 0.25) is 0 Å². The molecule has 0 bridgehead atoms. The molecule has 2 heterocycles. The lowest BCUT2D eigenvalue weighted by molar-refractivity contribution is 0.537. The van der Waals surface area contributed by atoms with Crippen molar-refractivity contribution >= 4 is 21.8 Å². The Morgan fingerprint density at radius 2 is 1.35 bits per heavy atom. The van der Waals surface area contributed by atoms with Gasteiger partial charge in [-0.15, -0.1) is 0 Å². The van der Waals surface area contributed by atoms with Gasteiger partial charge in [0.1, 0.15) is 0 Å². The summed E-state index contributed by atoms with van der Waals surface area (Å²) in [5.74, 6) is 0.375. The molecule has 0 aromatic heterocycles. The van der Waals surface area contributed by atoms with Gasteiger partial charge in [-0.3, -0.25) is 9.78 Å². The lowest BCUT2D eigenvalue weighted by atomic mass is 10.0. The molecule has 34 heavy (non-hydrogen) atoms. The molecule has 0 aliphatic carbocycles. The molecular weight excluding hydrogens is 424 g/mol. The zero-order valence-corrected chi connectivity index (χ0v) is 20.7. The van der Waals surface area contributed by atoms with Crippen LogP contribution in [0.4, 0.5) is 0 Å². The van der Waals surface area contributed by atoms with E-state index in [9.17, 15) is 9.59 Å². The fourth-order valence-corrected chi connectivity index (χ4v) is 4.80. The first-order valence-electron chi connectivity index (χ1n) is 12.8. The zero-order valence-electron chi connectivity index (χ0n) is 20.7. The van der Waals surface area contributed by atoms with Crippen molar-refractivity contribution in [2.75, 3.05) is 0 Å². The van der Waals surface area contributed by atoms with Crippen molar-refractivity contribution in [2.24, 2.45) is 0 Å².